The number of aromatic nitrogens is 1. The van der Waals surface area contributed by atoms with E-state index in [-0.39, 0.29) is 5.91 Å². The van der Waals surface area contributed by atoms with Crippen molar-refractivity contribution in [1.82, 2.24) is 4.57 Å². The number of carbonyl (C=O) groups excluding carboxylic acids is 2. The van der Waals surface area contributed by atoms with Crippen LogP contribution in [-0.4, -0.2) is 23.6 Å². The number of anilines is 1. The smallest absolute Gasteiger partial charge is 0.340 e. The second-order valence-electron chi connectivity index (χ2n) is 8.49. The summed E-state index contributed by atoms with van der Waals surface area (Å²) < 4.78 is 7.20. The zero-order valence-corrected chi connectivity index (χ0v) is 19.9. The van der Waals surface area contributed by atoms with E-state index < -0.39 is 5.97 Å². The van der Waals surface area contributed by atoms with Crippen LogP contribution < -0.4 is 4.90 Å². The quantitative estimate of drug-likeness (QED) is 0.393. The first-order valence-corrected chi connectivity index (χ1v) is 10.9. The summed E-state index contributed by atoms with van der Waals surface area (Å²) in [6.45, 7) is 9.89. The van der Waals surface area contributed by atoms with Crippen LogP contribution in [0.1, 0.15) is 35.0 Å². The maximum Gasteiger partial charge on any atom is 0.340 e. The van der Waals surface area contributed by atoms with Gasteiger partial charge in [0.15, 0.2) is 0 Å². The van der Waals surface area contributed by atoms with Crippen LogP contribution in [0, 0.1) is 27.7 Å². The van der Waals surface area contributed by atoms with Crippen LogP contribution in [0.15, 0.2) is 71.4 Å². The molecule has 0 unspecified atom stereocenters. The Morgan fingerprint density at radius 3 is 2.21 bits per heavy atom. The average Bonchev–Trinajstić information content (AvgIpc) is 3.20. The summed E-state index contributed by atoms with van der Waals surface area (Å²) in [7, 11) is 1.34. The first-order chi connectivity index (χ1) is 15.7. The molecule has 1 aliphatic heterocycles. The van der Waals surface area contributed by atoms with Gasteiger partial charge < -0.3 is 9.30 Å². The van der Waals surface area contributed by atoms with Gasteiger partial charge in [-0.05, 0) is 82.2 Å². The Balaban J connectivity index is 1.85. The van der Waals surface area contributed by atoms with Crippen molar-refractivity contribution in [3.63, 3.8) is 0 Å². The molecule has 168 valence electrons. The van der Waals surface area contributed by atoms with E-state index in [4.69, 9.17) is 4.74 Å². The monoisotopic (exact) mass is 440 g/mol. The fourth-order valence-electron chi connectivity index (χ4n) is 4.44. The molecule has 33 heavy (non-hydrogen) atoms. The van der Waals surface area contributed by atoms with E-state index in [2.05, 4.69) is 29.7 Å². The maximum atomic E-state index is 13.6. The number of amides is 1. The van der Waals surface area contributed by atoms with Gasteiger partial charge in [0.05, 0.1) is 18.3 Å². The number of aryl methyl sites for hydroxylation is 3. The molecule has 0 aliphatic carbocycles. The minimum atomic E-state index is -0.519. The van der Waals surface area contributed by atoms with Crippen LogP contribution in [0.4, 0.5) is 5.69 Å². The number of hydrogen-bond donors (Lipinski definition) is 0. The topological polar surface area (TPSA) is 51.5 Å². The minimum Gasteiger partial charge on any atom is -0.465 e. The largest absolute Gasteiger partial charge is 0.465 e. The van der Waals surface area contributed by atoms with E-state index in [0.717, 1.165) is 33.9 Å². The van der Waals surface area contributed by atoms with Gasteiger partial charge in [-0.2, -0.15) is 0 Å². The number of allylic oxidation sites excluding steroid dienone is 1. The summed E-state index contributed by atoms with van der Waals surface area (Å²) >= 11 is 0. The van der Waals surface area contributed by atoms with Crippen LogP contribution in [0.3, 0.4) is 0 Å². The lowest BCUT2D eigenvalue weighted by atomic mass is 10.0. The Labute approximate surface area is 194 Å². The van der Waals surface area contributed by atoms with E-state index in [1.165, 1.54) is 12.7 Å². The highest BCUT2D eigenvalue weighted by Gasteiger charge is 2.38. The molecule has 5 nitrogen and oxygen atoms in total. The van der Waals surface area contributed by atoms with Crippen molar-refractivity contribution in [2.75, 3.05) is 12.0 Å². The molecule has 0 saturated carbocycles. The van der Waals surface area contributed by atoms with E-state index in [0.29, 0.717) is 16.8 Å². The van der Waals surface area contributed by atoms with Gasteiger partial charge in [-0.3, -0.25) is 9.69 Å². The minimum absolute atomic E-state index is 0.239. The number of ether oxygens (including phenoxy) is 1. The lowest BCUT2D eigenvalue weighted by molar-refractivity contribution is -0.136. The van der Waals surface area contributed by atoms with Gasteiger partial charge in [-0.25, -0.2) is 4.79 Å². The fourth-order valence-corrected chi connectivity index (χ4v) is 4.44. The van der Waals surface area contributed by atoms with Gasteiger partial charge in [-0.1, -0.05) is 29.8 Å². The van der Waals surface area contributed by atoms with Crippen molar-refractivity contribution < 1.29 is 14.3 Å². The Morgan fingerprint density at radius 1 is 0.879 bits per heavy atom. The molecule has 2 heterocycles. The number of carbonyl (C=O) groups is 2. The highest BCUT2D eigenvalue weighted by Crippen LogP contribution is 2.36. The summed E-state index contributed by atoms with van der Waals surface area (Å²) in [5.41, 5.74) is 8.18. The Morgan fingerprint density at radius 2 is 1.58 bits per heavy atom. The molecule has 0 radical (unpaired) electrons. The first-order valence-electron chi connectivity index (χ1n) is 10.9. The Kier molecular flexibility index (Phi) is 5.81. The molecule has 0 bridgehead atoms. The van der Waals surface area contributed by atoms with Crippen LogP contribution >= 0.6 is 0 Å². The Bertz CT molecular complexity index is 1320. The average molecular weight is 441 g/mol. The molecule has 2 aromatic carbocycles. The number of benzene rings is 2. The molecule has 0 saturated heterocycles. The maximum absolute atomic E-state index is 13.6. The molecule has 0 fully saturated rings. The first kappa shape index (κ1) is 22.3. The number of nitrogens with zero attached hydrogens (tertiary/aromatic N) is 2. The van der Waals surface area contributed by atoms with Crippen LogP contribution in [0.5, 0.6) is 0 Å². The molecule has 3 aromatic rings. The number of hydrogen-bond acceptors (Lipinski definition) is 3. The molecule has 1 aromatic heterocycles. The van der Waals surface area contributed by atoms with E-state index in [1.54, 1.807) is 17.9 Å². The Hall–Kier alpha value is -3.86. The molecule has 1 aliphatic rings. The van der Waals surface area contributed by atoms with Gasteiger partial charge in [0, 0.05) is 28.5 Å². The molecule has 5 heteroatoms. The number of rotatable bonds is 4. The van der Waals surface area contributed by atoms with Crippen molar-refractivity contribution >= 4 is 23.6 Å². The standard InChI is InChI=1S/C28H28N2O3/c1-17-10-12-23(13-11-17)30-21(5)26(28(32)33-6)25(27(30)31)16-22-15-19(3)29(20(22)4)24-9-7-8-18(2)14-24/h7-16H,1-6H3/b25-16-. The zero-order chi connectivity index (χ0) is 23.9. The van der Waals surface area contributed by atoms with Crippen LogP contribution in [0.2, 0.25) is 0 Å². The van der Waals surface area contributed by atoms with Gasteiger partial charge >= 0.3 is 5.97 Å². The highest BCUT2D eigenvalue weighted by atomic mass is 16.5. The number of methoxy groups -OCH3 is 1. The van der Waals surface area contributed by atoms with Gasteiger partial charge in [0.25, 0.3) is 5.91 Å². The van der Waals surface area contributed by atoms with Gasteiger partial charge in [0.2, 0.25) is 0 Å². The summed E-state index contributed by atoms with van der Waals surface area (Å²) in [5.74, 6) is -0.758. The molecular weight excluding hydrogens is 412 g/mol. The summed E-state index contributed by atoms with van der Waals surface area (Å²) in [5, 5.41) is 0. The third-order valence-corrected chi connectivity index (χ3v) is 6.11. The fraction of sp³-hybridized carbons (Fsp3) is 0.214. The SMILES string of the molecule is COC(=O)C1=C(C)N(c2ccc(C)cc2)C(=O)/C1=C\c1cc(C)n(-c2cccc(C)c2)c1C. The summed E-state index contributed by atoms with van der Waals surface area (Å²) in [6, 6.07) is 18.0. The second-order valence-corrected chi connectivity index (χ2v) is 8.49. The van der Waals surface area contributed by atoms with Crippen molar-refractivity contribution in [3.05, 3.63) is 99.5 Å². The van der Waals surface area contributed by atoms with E-state index in [9.17, 15) is 9.59 Å². The molecule has 0 atom stereocenters. The van der Waals surface area contributed by atoms with E-state index in [1.807, 2.05) is 57.2 Å². The third kappa shape index (κ3) is 3.91. The van der Waals surface area contributed by atoms with Crippen molar-refractivity contribution in [3.8, 4) is 5.69 Å². The van der Waals surface area contributed by atoms with Crippen molar-refractivity contribution in [2.45, 2.75) is 34.6 Å². The summed E-state index contributed by atoms with van der Waals surface area (Å²) in [6.07, 6.45) is 1.81. The zero-order valence-electron chi connectivity index (χ0n) is 19.9. The van der Waals surface area contributed by atoms with Crippen molar-refractivity contribution in [1.29, 1.82) is 0 Å². The lowest BCUT2D eigenvalue weighted by Gasteiger charge is -2.18. The molecular formula is C28H28N2O3. The summed E-state index contributed by atoms with van der Waals surface area (Å²) in [4.78, 5) is 27.8. The highest BCUT2D eigenvalue weighted by molar-refractivity contribution is 6.23. The normalized spacial score (nSPS) is 15.0. The predicted octanol–water partition coefficient (Wildman–Crippen LogP) is 5.59. The van der Waals surface area contributed by atoms with Crippen LogP contribution in [0.25, 0.3) is 11.8 Å². The molecule has 1 amide bonds. The predicted molar refractivity (Wildman–Crippen MR) is 131 cm³/mol. The van der Waals surface area contributed by atoms with Crippen LogP contribution in [-0.2, 0) is 14.3 Å². The third-order valence-electron chi connectivity index (χ3n) is 6.11. The molecule has 0 spiro atoms. The lowest BCUT2D eigenvalue weighted by Crippen LogP contribution is -2.24. The molecule has 0 N–H and O–H groups in total. The second kappa shape index (κ2) is 8.58. The molecule has 4 rings (SSSR count). The van der Waals surface area contributed by atoms with Crippen molar-refractivity contribution in [2.24, 2.45) is 0 Å². The number of esters is 1. The van der Waals surface area contributed by atoms with Gasteiger partial charge in [0.1, 0.15) is 0 Å². The van der Waals surface area contributed by atoms with Gasteiger partial charge in [-0.15, -0.1) is 0 Å². The van der Waals surface area contributed by atoms with E-state index >= 15 is 0 Å².